The Labute approximate surface area is 121 Å². The third-order valence-corrected chi connectivity index (χ3v) is 4.53. The van der Waals surface area contributed by atoms with Crippen molar-refractivity contribution < 1.29 is 22.3 Å². The summed E-state index contributed by atoms with van der Waals surface area (Å²) in [5.41, 5.74) is -0.336. The number of hydrogen-bond donors (Lipinski definition) is 1. The summed E-state index contributed by atoms with van der Waals surface area (Å²) in [6.45, 7) is 6.61. The van der Waals surface area contributed by atoms with E-state index >= 15 is 0 Å². The second-order valence-corrected chi connectivity index (χ2v) is 5.61. The van der Waals surface area contributed by atoms with Gasteiger partial charge in [0.15, 0.2) is 17.4 Å². The number of rotatable bonds is 5. The molecule has 1 N–H and O–H groups in total. The van der Waals surface area contributed by atoms with Crippen LogP contribution in [-0.4, -0.2) is 18.7 Å². The molecule has 1 fully saturated rings. The van der Waals surface area contributed by atoms with Crippen molar-refractivity contribution in [1.29, 1.82) is 0 Å². The maximum atomic E-state index is 13.6. The number of ether oxygens (including phenoxy) is 1. The molecule has 3 atom stereocenters. The molecule has 1 aromatic rings. The molecule has 0 bridgehead atoms. The molecule has 0 heterocycles. The predicted molar refractivity (Wildman–Crippen MR) is 71.2 cm³/mol. The lowest BCUT2D eigenvalue weighted by Crippen LogP contribution is -2.63. The van der Waals surface area contributed by atoms with Crippen LogP contribution in [0.2, 0.25) is 0 Å². The zero-order valence-corrected chi connectivity index (χ0v) is 12.3. The van der Waals surface area contributed by atoms with E-state index < -0.39 is 35.1 Å². The van der Waals surface area contributed by atoms with Gasteiger partial charge in [-0.2, -0.15) is 8.78 Å². The van der Waals surface area contributed by atoms with Gasteiger partial charge in [0.1, 0.15) is 6.10 Å². The van der Waals surface area contributed by atoms with Crippen LogP contribution in [0.1, 0.15) is 33.6 Å². The van der Waals surface area contributed by atoms with Crippen molar-refractivity contribution in [3.63, 3.8) is 0 Å². The quantitative estimate of drug-likeness (QED) is 0.660. The topological polar surface area (TPSA) is 21.3 Å². The zero-order chi connectivity index (χ0) is 15.8. The summed E-state index contributed by atoms with van der Waals surface area (Å²) in [7, 11) is 0. The molecule has 2 rings (SSSR count). The number of hydrogen-bond acceptors (Lipinski definition) is 2. The molecule has 3 unspecified atom stereocenters. The minimum Gasteiger partial charge on any atom is -0.484 e. The highest BCUT2D eigenvalue weighted by Crippen LogP contribution is 2.46. The van der Waals surface area contributed by atoms with Gasteiger partial charge in [-0.1, -0.05) is 20.8 Å². The molecule has 0 aromatic heterocycles. The Morgan fingerprint density at radius 3 is 2.24 bits per heavy atom. The van der Waals surface area contributed by atoms with Crippen molar-refractivity contribution in [1.82, 2.24) is 5.32 Å². The summed E-state index contributed by atoms with van der Waals surface area (Å²) >= 11 is 0. The molecule has 0 amide bonds. The first-order valence-electron chi connectivity index (χ1n) is 7.08. The van der Waals surface area contributed by atoms with E-state index in [1.165, 1.54) is 0 Å². The van der Waals surface area contributed by atoms with Gasteiger partial charge in [-0.3, -0.25) is 0 Å². The van der Waals surface area contributed by atoms with Crippen LogP contribution in [0.5, 0.6) is 5.75 Å². The molecule has 1 aliphatic rings. The smallest absolute Gasteiger partial charge is 0.203 e. The van der Waals surface area contributed by atoms with Gasteiger partial charge in [-0.25, -0.2) is 8.78 Å². The van der Waals surface area contributed by atoms with Crippen molar-refractivity contribution in [2.75, 3.05) is 6.54 Å². The zero-order valence-electron chi connectivity index (χ0n) is 12.3. The first-order valence-corrected chi connectivity index (χ1v) is 7.08. The Morgan fingerprint density at radius 2 is 1.76 bits per heavy atom. The second-order valence-electron chi connectivity index (χ2n) is 5.61. The summed E-state index contributed by atoms with van der Waals surface area (Å²) in [4.78, 5) is 0. The van der Waals surface area contributed by atoms with Gasteiger partial charge in [0, 0.05) is 23.9 Å². The van der Waals surface area contributed by atoms with E-state index in [2.05, 4.69) is 5.32 Å². The molecule has 6 heteroatoms. The van der Waals surface area contributed by atoms with Crippen LogP contribution in [0.3, 0.4) is 0 Å². The summed E-state index contributed by atoms with van der Waals surface area (Å²) in [5, 5.41) is 3.28. The van der Waals surface area contributed by atoms with Crippen LogP contribution < -0.4 is 10.1 Å². The number of benzene rings is 1. The summed E-state index contributed by atoms with van der Waals surface area (Å²) in [5.74, 6) is -6.85. The third kappa shape index (κ3) is 2.61. The second kappa shape index (κ2) is 5.83. The number of nitrogens with one attached hydrogen (secondary N) is 1. The van der Waals surface area contributed by atoms with E-state index in [4.69, 9.17) is 4.74 Å². The van der Waals surface area contributed by atoms with E-state index in [0.717, 1.165) is 13.0 Å². The molecule has 0 radical (unpaired) electrons. The van der Waals surface area contributed by atoms with Crippen molar-refractivity contribution in [2.45, 2.75) is 45.8 Å². The van der Waals surface area contributed by atoms with Crippen LogP contribution in [0, 0.1) is 28.7 Å². The third-order valence-electron chi connectivity index (χ3n) is 4.53. The molecule has 1 aliphatic carbocycles. The molecule has 21 heavy (non-hydrogen) atoms. The van der Waals surface area contributed by atoms with Gasteiger partial charge in [0.25, 0.3) is 0 Å². The van der Waals surface area contributed by atoms with Crippen molar-refractivity contribution >= 4 is 0 Å². The maximum absolute atomic E-state index is 13.6. The van der Waals surface area contributed by atoms with Crippen molar-refractivity contribution in [2.24, 2.45) is 5.41 Å². The van der Waals surface area contributed by atoms with Crippen molar-refractivity contribution in [3.8, 4) is 5.75 Å². The molecule has 0 spiro atoms. The predicted octanol–water partition coefficient (Wildman–Crippen LogP) is 3.79. The lowest BCUT2D eigenvalue weighted by atomic mass is 9.61. The van der Waals surface area contributed by atoms with E-state index in [1.807, 2.05) is 20.8 Å². The van der Waals surface area contributed by atoms with Gasteiger partial charge in [0.05, 0.1) is 0 Å². The van der Waals surface area contributed by atoms with Gasteiger partial charge >= 0.3 is 0 Å². The Hall–Kier alpha value is -1.30. The minimum atomic E-state index is -1.49. The van der Waals surface area contributed by atoms with Crippen LogP contribution in [0.15, 0.2) is 6.07 Å². The van der Waals surface area contributed by atoms with E-state index in [-0.39, 0.29) is 17.5 Å². The number of halogens is 4. The van der Waals surface area contributed by atoms with E-state index in [1.54, 1.807) is 0 Å². The highest BCUT2D eigenvalue weighted by molar-refractivity contribution is 5.29. The Bertz CT molecular complexity index is 511. The molecular formula is C15H19F4NO. The highest BCUT2D eigenvalue weighted by atomic mass is 19.2. The lowest BCUT2D eigenvalue weighted by molar-refractivity contribution is -0.0733. The largest absolute Gasteiger partial charge is 0.484 e. The molecule has 0 aliphatic heterocycles. The van der Waals surface area contributed by atoms with Gasteiger partial charge in [-0.05, 0) is 13.0 Å². The maximum Gasteiger partial charge on any atom is 0.203 e. The summed E-state index contributed by atoms with van der Waals surface area (Å²) in [6, 6.07) is 0.334. The molecule has 118 valence electrons. The van der Waals surface area contributed by atoms with Crippen LogP contribution >= 0.6 is 0 Å². The molecule has 0 saturated heterocycles. The first kappa shape index (κ1) is 16.1. The van der Waals surface area contributed by atoms with Gasteiger partial charge < -0.3 is 10.1 Å². The molecule has 1 saturated carbocycles. The van der Waals surface area contributed by atoms with Gasteiger partial charge in [0.2, 0.25) is 11.6 Å². The molecule has 1 aromatic carbocycles. The molecule has 2 nitrogen and oxygen atoms in total. The van der Waals surface area contributed by atoms with Crippen molar-refractivity contribution in [3.05, 3.63) is 29.3 Å². The fourth-order valence-corrected chi connectivity index (χ4v) is 2.83. The van der Waals surface area contributed by atoms with E-state index in [9.17, 15) is 17.6 Å². The first-order chi connectivity index (χ1) is 9.85. The van der Waals surface area contributed by atoms with Crippen LogP contribution in [-0.2, 0) is 0 Å². The monoisotopic (exact) mass is 305 g/mol. The SMILES string of the molecule is CCNC1CC(Oc2c(F)c(F)cc(F)c2F)C1(C)CC. The average Bonchev–Trinajstić information content (AvgIpc) is 2.46. The Morgan fingerprint density at radius 1 is 1.19 bits per heavy atom. The molecular weight excluding hydrogens is 286 g/mol. The Kier molecular flexibility index (Phi) is 4.46. The lowest BCUT2D eigenvalue weighted by Gasteiger charge is -2.53. The van der Waals surface area contributed by atoms with E-state index in [0.29, 0.717) is 6.42 Å². The summed E-state index contributed by atoms with van der Waals surface area (Å²) in [6.07, 6.45) is 0.766. The minimum absolute atomic E-state index is 0.155. The van der Waals surface area contributed by atoms with Crippen LogP contribution in [0.4, 0.5) is 17.6 Å². The summed E-state index contributed by atoms with van der Waals surface area (Å²) < 4.78 is 59.0. The fourth-order valence-electron chi connectivity index (χ4n) is 2.83. The van der Waals surface area contributed by atoms with Crippen LogP contribution in [0.25, 0.3) is 0 Å². The fraction of sp³-hybridized carbons (Fsp3) is 0.600. The Balaban J connectivity index is 2.24. The standard InChI is InChI=1S/C15H19F4NO/c1-4-15(3)10(20-5-2)7-11(15)21-14-12(18)8(16)6-9(17)13(14)19/h6,10-11,20H,4-5,7H2,1-3H3. The van der Waals surface area contributed by atoms with Gasteiger partial charge in [-0.15, -0.1) is 0 Å². The normalized spacial score (nSPS) is 28.3. The highest BCUT2D eigenvalue weighted by Gasteiger charge is 2.52. The average molecular weight is 305 g/mol.